The molecule has 1 aliphatic carbocycles. The number of benzene rings is 3. The zero-order chi connectivity index (χ0) is 19.5. The molecule has 0 aromatic heterocycles. The van der Waals surface area contributed by atoms with Crippen molar-refractivity contribution in [3.63, 3.8) is 0 Å². The van der Waals surface area contributed by atoms with E-state index in [9.17, 15) is 9.59 Å². The molecule has 0 radical (unpaired) electrons. The fourth-order valence-electron chi connectivity index (χ4n) is 4.22. The van der Waals surface area contributed by atoms with Crippen LogP contribution in [0.4, 0.5) is 0 Å². The van der Waals surface area contributed by atoms with E-state index in [1.807, 2.05) is 48.5 Å². The fraction of sp³-hybridized carbons (Fsp3) is 0.333. The normalized spacial score (nSPS) is 19.5. The molecule has 3 aromatic rings. The van der Waals surface area contributed by atoms with Gasteiger partial charge in [0.1, 0.15) is 0 Å². The van der Waals surface area contributed by atoms with Crippen LogP contribution in [0.25, 0.3) is 21.5 Å². The number of esters is 1. The molecule has 2 atom stereocenters. The Labute approximate surface area is 164 Å². The quantitative estimate of drug-likeness (QED) is 0.524. The Balaban J connectivity index is 1.54. The first-order chi connectivity index (χ1) is 13.6. The number of hydrogen-bond donors (Lipinski definition) is 1. The summed E-state index contributed by atoms with van der Waals surface area (Å²) >= 11 is 0. The van der Waals surface area contributed by atoms with E-state index in [0.29, 0.717) is 11.5 Å². The third-order valence-corrected chi connectivity index (χ3v) is 5.77. The average molecular weight is 375 g/mol. The number of rotatable bonds is 4. The van der Waals surface area contributed by atoms with Gasteiger partial charge in [-0.05, 0) is 46.4 Å². The Hall–Kier alpha value is -2.88. The highest BCUT2D eigenvalue weighted by Gasteiger charge is 2.23. The molecular weight excluding hydrogens is 350 g/mol. The van der Waals surface area contributed by atoms with E-state index in [2.05, 4.69) is 18.3 Å². The molecule has 1 fully saturated rings. The summed E-state index contributed by atoms with van der Waals surface area (Å²) in [5.74, 6) is -0.216. The van der Waals surface area contributed by atoms with Gasteiger partial charge in [-0.2, -0.15) is 0 Å². The summed E-state index contributed by atoms with van der Waals surface area (Å²) in [6.07, 6.45) is 4.48. The minimum atomic E-state index is -0.458. The number of ether oxygens (including phenoxy) is 1. The molecule has 1 amide bonds. The molecule has 4 rings (SSSR count). The Morgan fingerprint density at radius 2 is 1.57 bits per heavy atom. The van der Waals surface area contributed by atoms with Gasteiger partial charge in [-0.1, -0.05) is 68.3 Å². The first-order valence-electron chi connectivity index (χ1n) is 10.0. The first-order valence-corrected chi connectivity index (χ1v) is 10.0. The van der Waals surface area contributed by atoms with Gasteiger partial charge >= 0.3 is 5.97 Å². The van der Waals surface area contributed by atoms with Gasteiger partial charge in [0.05, 0.1) is 5.56 Å². The van der Waals surface area contributed by atoms with Gasteiger partial charge in [-0.15, -0.1) is 0 Å². The van der Waals surface area contributed by atoms with Crippen LogP contribution >= 0.6 is 0 Å². The lowest BCUT2D eigenvalue weighted by molar-refractivity contribution is -0.125. The van der Waals surface area contributed by atoms with Crippen LogP contribution in [0.1, 0.15) is 43.0 Å². The third-order valence-electron chi connectivity index (χ3n) is 5.77. The van der Waals surface area contributed by atoms with Crippen molar-refractivity contribution >= 4 is 33.4 Å². The Morgan fingerprint density at radius 1 is 0.964 bits per heavy atom. The monoisotopic (exact) mass is 375 g/mol. The highest BCUT2D eigenvalue weighted by atomic mass is 16.5. The maximum absolute atomic E-state index is 12.9. The largest absolute Gasteiger partial charge is 0.452 e. The van der Waals surface area contributed by atoms with Crippen molar-refractivity contribution in [1.29, 1.82) is 0 Å². The number of nitrogens with one attached hydrogen (secondary N) is 1. The van der Waals surface area contributed by atoms with Crippen LogP contribution in [-0.2, 0) is 9.53 Å². The van der Waals surface area contributed by atoms with Crippen molar-refractivity contribution in [1.82, 2.24) is 5.32 Å². The summed E-state index contributed by atoms with van der Waals surface area (Å²) in [6, 6.07) is 17.8. The van der Waals surface area contributed by atoms with Crippen LogP contribution in [0, 0.1) is 5.92 Å². The first kappa shape index (κ1) is 18.5. The molecule has 1 N–H and O–H groups in total. The molecule has 144 valence electrons. The van der Waals surface area contributed by atoms with Crippen LogP contribution in [0.3, 0.4) is 0 Å². The van der Waals surface area contributed by atoms with Crippen molar-refractivity contribution < 1.29 is 14.3 Å². The van der Waals surface area contributed by atoms with E-state index in [4.69, 9.17) is 4.74 Å². The lowest BCUT2D eigenvalue weighted by Crippen LogP contribution is -2.42. The standard InChI is InChI=1S/C24H25NO3/c1-16-8-2-7-13-21(16)25-22(26)15-28-24(27)23-19-11-5-3-9-17(19)14-18-10-4-6-12-20(18)23/h3-6,9-12,14,16,21H,2,7-8,13,15H2,1H3,(H,25,26)/t16-,21+/m0/s1. The zero-order valence-electron chi connectivity index (χ0n) is 16.1. The van der Waals surface area contributed by atoms with Gasteiger partial charge in [0.2, 0.25) is 0 Å². The summed E-state index contributed by atoms with van der Waals surface area (Å²) in [5, 5.41) is 6.67. The van der Waals surface area contributed by atoms with Crippen molar-refractivity contribution in [2.24, 2.45) is 5.92 Å². The van der Waals surface area contributed by atoms with E-state index in [0.717, 1.165) is 40.8 Å². The minimum Gasteiger partial charge on any atom is -0.452 e. The van der Waals surface area contributed by atoms with Gasteiger partial charge in [-0.25, -0.2) is 4.79 Å². The van der Waals surface area contributed by atoms with Gasteiger partial charge < -0.3 is 10.1 Å². The number of amides is 1. The second-order valence-corrected chi connectivity index (χ2v) is 7.71. The lowest BCUT2D eigenvalue weighted by Gasteiger charge is -2.29. The second-order valence-electron chi connectivity index (χ2n) is 7.71. The molecule has 3 aromatic carbocycles. The van der Waals surface area contributed by atoms with Crippen LogP contribution in [0.2, 0.25) is 0 Å². The molecular formula is C24H25NO3. The summed E-state index contributed by atoms with van der Waals surface area (Å²) in [7, 11) is 0. The summed E-state index contributed by atoms with van der Waals surface area (Å²) in [5.41, 5.74) is 0.521. The van der Waals surface area contributed by atoms with Gasteiger partial charge in [0.25, 0.3) is 5.91 Å². The predicted octanol–water partition coefficient (Wildman–Crippen LogP) is 4.84. The van der Waals surface area contributed by atoms with E-state index in [1.54, 1.807) is 0 Å². The fourth-order valence-corrected chi connectivity index (χ4v) is 4.22. The molecule has 0 unspecified atom stereocenters. The molecule has 0 saturated heterocycles. The molecule has 1 saturated carbocycles. The average Bonchev–Trinajstić information content (AvgIpc) is 2.72. The minimum absolute atomic E-state index is 0.179. The van der Waals surface area contributed by atoms with Gasteiger partial charge in [-0.3, -0.25) is 4.79 Å². The third kappa shape index (κ3) is 3.72. The van der Waals surface area contributed by atoms with E-state index < -0.39 is 5.97 Å². The summed E-state index contributed by atoms with van der Waals surface area (Å²) < 4.78 is 5.43. The van der Waals surface area contributed by atoms with Crippen molar-refractivity contribution in [2.45, 2.75) is 38.6 Å². The highest BCUT2D eigenvalue weighted by molar-refractivity contribution is 6.16. The summed E-state index contributed by atoms with van der Waals surface area (Å²) in [4.78, 5) is 25.3. The lowest BCUT2D eigenvalue weighted by atomic mass is 9.86. The molecule has 0 bridgehead atoms. The number of carbonyl (C=O) groups excluding carboxylic acids is 2. The smallest absolute Gasteiger partial charge is 0.339 e. The van der Waals surface area contributed by atoms with Crippen LogP contribution in [0.5, 0.6) is 0 Å². The second kappa shape index (κ2) is 8.01. The molecule has 0 spiro atoms. The van der Waals surface area contributed by atoms with E-state index >= 15 is 0 Å². The van der Waals surface area contributed by atoms with Crippen molar-refractivity contribution in [3.05, 3.63) is 60.2 Å². The van der Waals surface area contributed by atoms with Crippen molar-refractivity contribution in [3.8, 4) is 0 Å². The van der Waals surface area contributed by atoms with E-state index in [-0.39, 0.29) is 18.6 Å². The van der Waals surface area contributed by atoms with Crippen LogP contribution in [-0.4, -0.2) is 24.5 Å². The zero-order valence-corrected chi connectivity index (χ0v) is 16.1. The molecule has 1 aliphatic rings. The van der Waals surface area contributed by atoms with E-state index in [1.165, 1.54) is 6.42 Å². The predicted molar refractivity (Wildman–Crippen MR) is 111 cm³/mol. The van der Waals surface area contributed by atoms with Gasteiger partial charge in [0.15, 0.2) is 6.61 Å². The van der Waals surface area contributed by atoms with Crippen molar-refractivity contribution in [2.75, 3.05) is 6.61 Å². The topological polar surface area (TPSA) is 55.4 Å². The molecule has 4 heteroatoms. The van der Waals surface area contributed by atoms with Gasteiger partial charge in [0, 0.05) is 6.04 Å². The Morgan fingerprint density at radius 3 is 2.21 bits per heavy atom. The summed E-state index contributed by atoms with van der Waals surface area (Å²) in [6.45, 7) is 1.91. The maximum Gasteiger partial charge on any atom is 0.339 e. The number of hydrogen-bond acceptors (Lipinski definition) is 3. The molecule has 28 heavy (non-hydrogen) atoms. The SMILES string of the molecule is C[C@H]1CCCC[C@H]1NC(=O)COC(=O)c1c2ccccc2cc2ccccc12. The number of carbonyl (C=O) groups is 2. The molecule has 4 nitrogen and oxygen atoms in total. The highest BCUT2D eigenvalue weighted by Crippen LogP contribution is 2.29. The van der Waals surface area contributed by atoms with Crippen LogP contribution < -0.4 is 5.32 Å². The number of fused-ring (bicyclic) bond motifs is 2. The maximum atomic E-state index is 12.9. The van der Waals surface area contributed by atoms with Crippen LogP contribution in [0.15, 0.2) is 54.6 Å². The molecule has 0 aliphatic heterocycles. The molecule has 0 heterocycles. The Bertz CT molecular complexity index is 973. The Kier molecular flexibility index (Phi) is 5.29.